The Morgan fingerprint density at radius 2 is 2.18 bits per heavy atom. The van der Waals surface area contributed by atoms with E-state index in [4.69, 9.17) is 0 Å². The fourth-order valence-corrected chi connectivity index (χ4v) is 4.41. The van der Waals surface area contributed by atoms with Crippen LogP contribution in [0.2, 0.25) is 0 Å². The van der Waals surface area contributed by atoms with Crippen molar-refractivity contribution in [3.8, 4) is 0 Å². The molecule has 2 bridgehead atoms. The molecular weight excluding hydrogens is 284 g/mol. The zero-order chi connectivity index (χ0) is 16.0. The highest BCUT2D eigenvalue weighted by atomic mass is 16.6. The van der Waals surface area contributed by atoms with Gasteiger partial charge in [-0.3, -0.25) is 19.6 Å². The lowest BCUT2D eigenvalue weighted by atomic mass is 9.84. The summed E-state index contributed by atoms with van der Waals surface area (Å²) in [5, 5.41) is 18.2. The van der Waals surface area contributed by atoms with Gasteiger partial charge in [0.2, 0.25) is 5.69 Å². The molecule has 1 aromatic rings. The summed E-state index contributed by atoms with van der Waals surface area (Å²) in [6, 6.07) is 0.0395. The molecule has 0 spiro atoms. The molecule has 2 aliphatic carbocycles. The Labute approximate surface area is 129 Å². The van der Waals surface area contributed by atoms with Crippen molar-refractivity contribution in [2.45, 2.75) is 45.6 Å². The van der Waals surface area contributed by atoms with Crippen LogP contribution >= 0.6 is 0 Å². The monoisotopic (exact) mass is 306 g/mol. The number of fused-ring (bicyclic) bond motifs is 2. The minimum absolute atomic E-state index is 0.0394. The summed E-state index contributed by atoms with van der Waals surface area (Å²) in [7, 11) is 1.57. The Morgan fingerprint density at radius 3 is 2.73 bits per heavy atom. The Hall–Kier alpha value is -1.92. The van der Waals surface area contributed by atoms with Gasteiger partial charge in [-0.05, 0) is 50.9 Å². The fraction of sp³-hybridized carbons (Fsp3) is 0.733. The summed E-state index contributed by atoms with van der Waals surface area (Å²) in [6.45, 7) is 3.56. The molecule has 2 aliphatic rings. The van der Waals surface area contributed by atoms with Gasteiger partial charge in [0.25, 0.3) is 5.91 Å². The van der Waals surface area contributed by atoms with Gasteiger partial charge in [-0.1, -0.05) is 6.42 Å². The first-order valence-corrected chi connectivity index (χ1v) is 7.87. The van der Waals surface area contributed by atoms with Crippen molar-refractivity contribution in [1.29, 1.82) is 0 Å². The normalized spacial score (nSPS) is 27.9. The van der Waals surface area contributed by atoms with E-state index in [1.807, 2.05) is 6.92 Å². The number of hydrogen-bond donors (Lipinski definition) is 1. The molecule has 1 amide bonds. The second-order valence-electron chi connectivity index (χ2n) is 6.76. The van der Waals surface area contributed by atoms with E-state index >= 15 is 0 Å². The summed E-state index contributed by atoms with van der Waals surface area (Å²) in [5.41, 5.74) is 0.114. The zero-order valence-corrected chi connectivity index (χ0v) is 13.2. The molecule has 4 atom stereocenters. The van der Waals surface area contributed by atoms with Crippen molar-refractivity contribution in [2.75, 3.05) is 0 Å². The molecule has 0 radical (unpaired) electrons. The largest absolute Gasteiger partial charge is 0.348 e. The Kier molecular flexibility index (Phi) is 3.66. The summed E-state index contributed by atoms with van der Waals surface area (Å²) < 4.78 is 1.30. The maximum Gasteiger partial charge on any atom is 0.322 e. The molecule has 3 rings (SSSR count). The van der Waals surface area contributed by atoms with Gasteiger partial charge in [0.15, 0.2) is 0 Å². The second-order valence-corrected chi connectivity index (χ2v) is 6.76. The molecule has 2 fully saturated rings. The first kappa shape index (κ1) is 15.0. The first-order valence-electron chi connectivity index (χ1n) is 7.87. The molecule has 1 aromatic heterocycles. The smallest absolute Gasteiger partial charge is 0.322 e. The molecule has 0 aliphatic heterocycles. The molecule has 7 heteroatoms. The third-order valence-corrected chi connectivity index (χ3v) is 5.38. The molecule has 0 aromatic carbocycles. The van der Waals surface area contributed by atoms with E-state index in [-0.39, 0.29) is 23.1 Å². The lowest BCUT2D eigenvalue weighted by Crippen LogP contribution is -2.41. The standard InChI is InChI=1S/C15H22N4O3/c1-8(12-7-10-4-5-11(12)6-10)16-15(20)14-13(19(21)22)9(2)17-18(14)3/h8,10-12H,4-7H2,1-3H3,(H,16,20)/t8-,10-,11-,12+/m0/s1. The zero-order valence-electron chi connectivity index (χ0n) is 13.2. The molecular formula is C15H22N4O3. The van der Waals surface area contributed by atoms with Crippen LogP contribution in [0.1, 0.15) is 48.8 Å². The average molecular weight is 306 g/mol. The van der Waals surface area contributed by atoms with Crippen molar-refractivity contribution >= 4 is 11.6 Å². The lowest BCUT2D eigenvalue weighted by Gasteiger charge is -2.28. The van der Waals surface area contributed by atoms with Gasteiger partial charge < -0.3 is 5.32 Å². The predicted octanol–water partition coefficient (Wildman–Crippen LogP) is 2.19. The van der Waals surface area contributed by atoms with Crippen LogP contribution < -0.4 is 5.32 Å². The van der Waals surface area contributed by atoms with Crippen LogP contribution in [0.3, 0.4) is 0 Å². The van der Waals surface area contributed by atoms with Crippen molar-refractivity contribution in [3.63, 3.8) is 0 Å². The number of aryl methyl sites for hydroxylation is 2. The van der Waals surface area contributed by atoms with Crippen molar-refractivity contribution in [1.82, 2.24) is 15.1 Å². The molecule has 0 unspecified atom stereocenters. The molecule has 1 N–H and O–H groups in total. The summed E-state index contributed by atoms with van der Waals surface area (Å²) in [6.07, 6.45) is 5.00. The fourth-order valence-electron chi connectivity index (χ4n) is 4.41. The van der Waals surface area contributed by atoms with Crippen LogP contribution in [-0.2, 0) is 7.05 Å². The number of hydrogen-bond acceptors (Lipinski definition) is 4. The summed E-state index contributed by atoms with van der Waals surface area (Å²) in [4.78, 5) is 23.2. The van der Waals surface area contributed by atoms with Gasteiger partial charge in [-0.2, -0.15) is 5.10 Å². The van der Waals surface area contributed by atoms with Gasteiger partial charge in [0.1, 0.15) is 5.69 Å². The van der Waals surface area contributed by atoms with Gasteiger partial charge >= 0.3 is 5.69 Å². The van der Waals surface area contributed by atoms with E-state index < -0.39 is 10.8 Å². The van der Waals surface area contributed by atoms with E-state index in [0.717, 1.165) is 5.92 Å². The third kappa shape index (κ3) is 2.38. The molecule has 0 saturated heterocycles. The second kappa shape index (κ2) is 5.37. The first-order chi connectivity index (χ1) is 10.4. The highest BCUT2D eigenvalue weighted by Crippen LogP contribution is 2.49. The van der Waals surface area contributed by atoms with Gasteiger partial charge in [-0.25, -0.2) is 0 Å². The van der Waals surface area contributed by atoms with Crippen LogP contribution in [0.5, 0.6) is 0 Å². The van der Waals surface area contributed by atoms with E-state index in [2.05, 4.69) is 10.4 Å². The van der Waals surface area contributed by atoms with Gasteiger partial charge in [-0.15, -0.1) is 0 Å². The van der Waals surface area contributed by atoms with E-state index in [1.54, 1.807) is 14.0 Å². The molecule has 1 heterocycles. The van der Waals surface area contributed by atoms with Crippen LogP contribution in [-0.4, -0.2) is 26.7 Å². The van der Waals surface area contributed by atoms with Crippen LogP contribution in [0, 0.1) is 34.8 Å². The highest BCUT2D eigenvalue weighted by molar-refractivity contribution is 5.97. The van der Waals surface area contributed by atoms with Crippen LogP contribution in [0.25, 0.3) is 0 Å². The topological polar surface area (TPSA) is 90.1 Å². The average Bonchev–Trinajstić information content (AvgIpc) is 3.11. The maximum absolute atomic E-state index is 12.5. The molecule has 7 nitrogen and oxygen atoms in total. The SMILES string of the molecule is Cc1nn(C)c(C(=O)N[C@@H](C)[C@H]2C[C@H]3CC[C@H]2C3)c1[N+](=O)[O-]. The lowest BCUT2D eigenvalue weighted by molar-refractivity contribution is -0.385. The molecule has 2 saturated carbocycles. The van der Waals surface area contributed by atoms with E-state index in [0.29, 0.717) is 11.8 Å². The number of carbonyl (C=O) groups is 1. The highest BCUT2D eigenvalue weighted by Gasteiger charge is 2.42. The number of aromatic nitrogens is 2. The number of nitrogens with zero attached hydrogens (tertiary/aromatic N) is 3. The van der Waals surface area contributed by atoms with Gasteiger partial charge in [0.05, 0.1) is 4.92 Å². The Balaban J connectivity index is 1.76. The predicted molar refractivity (Wildman–Crippen MR) is 80.5 cm³/mol. The minimum Gasteiger partial charge on any atom is -0.348 e. The maximum atomic E-state index is 12.5. The quantitative estimate of drug-likeness (QED) is 0.682. The minimum atomic E-state index is -0.528. The van der Waals surface area contributed by atoms with Crippen molar-refractivity contribution < 1.29 is 9.72 Å². The Morgan fingerprint density at radius 1 is 1.45 bits per heavy atom. The summed E-state index contributed by atoms with van der Waals surface area (Å²) in [5.74, 6) is 1.60. The number of carbonyl (C=O) groups excluding carboxylic acids is 1. The number of nitro groups is 1. The number of nitrogens with one attached hydrogen (secondary N) is 1. The third-order valence-electron chi connectivity index (χ3n) is 5.38. The van der Waals surface area contributed by atoms with Crippen LogP contribution in [0.15, 0.2) is 0 Å². The summed E-state index contributed by atoms with van der Waals surface area (Å²) >= 11 is 0. The number of amides is 1. The van der Waals surface area contributed by atoms with Crippen molar-refractivity contribution in [2.24, 2.45) is 24.8 Å². The molecule has 22 heavy (non-hydrogen) atoms. The number of rotatable bonds is 4. The van der Waals surface area contributed by atoms with Gasteiger partial charge in [0, 0.05) is 13.1 Å². The molecule has 120 valence electrons. The Bertz CT molecular complexity index is 625. The van der Waals surface area contributed by atoms with E-state index in [9.17, 15) is 14.9 Å². The van der Waals surface area contributed by atoms with Crippen LogP contribution in [0.4, 0.5) is 5.69 Å². The van der Waals surface area contributed by atoms with Crippen molar-refractivity contribution in [3.05, 3.63) is 21.5 Å². The van der Waals surface area contributed by atoms with E-state index in [1.165, 1.54) is 30.4 Å².